The molecule has 0 unspecified atom stereocenters. The second-order valence-electron chi connectivity index (χ2n) is 9.81. The van der Waals surface area contributed by atoms with Gasteiger partial charge in [-0.1, -0.05) is 36.4 Å². The zero-order valence-corrected chi connectivity index (χ0v) is 20.5. The SMILES string of the molecule is COc1ccc([C@@]23CC[C@H](NC(=S)NC4CC4)C[C@H]2N(Cc2ccccc2)CC3)cc1OC. The molecule has 3 fully saturated rings. The van der Waals surface area contributed by atoms with E-state index in [2.05, 4.69) is 64.1 Å². The highest BCUT2D eigenvalue weighted by Crippen LogP contribution is 2.50. The molecule has 0 bridgehead atoms. The van der Waals surface area contributed by atoms with Crippen LogP contribution in [0.15, 0.2) is 48.5 Å². The molecule has 2 aliphatic carbocycles. The van der Waals surface area contributed by atoms with E-state index in [1.807, 2.05) is 0 Å². The number of rotatable bonds is 7. The van der Waals surface area contributed by atoms with Crippen molar-refractivity contribution in [1.82, 2.24) is 15.5 Å². The largest absolute Gasteiger partial charge is 0.493 e. The van der Waals surface area contributed by atoms with Crippen molar-refractivity contribution in [3.63, 3.8) is 0 Å². The molecule has 3 atom stereocenters. The minimum atomic E-state index is 0.123. The maximum absolute atomic E-state index is 5.68. The van der Waals surface area contributed by atoms with Crippen molar-refractivity contribution < 1.29 is 9.47 Å². The number of hydrogen-bond acceptors (Lipinski definition) is 4. The van der Waals surface area contributed by atoms with Crippen molar-refractivity contribution in [2.45, 2.75) is 68.6 Å². The molecule has 3 aliphatic rings. The quantitative estimate of drug-likeness (QED) is 0.591. The molecule has 1 heterocycles. The van der Waals surface area contributed by atoms with Crippen LogP contribution in [0.3, 0.4) is 0 Å². The Labute approximate surface area is 202 Å². The first-order valence-electron chi connectivity index (χ1n) is 12.2. The smallest absolute Gasteiger partial charge is 0.166 e. The molecule has 1 aliphatic heterocycles. The first kappa shape index (κ1) is 22.5. The predicted molar refractivity (Wildman–Crippen MR) is 136 cm³/mol. The number of ether oxygens (including phenoxy) is 2. The van der Waals surface area contributed by atoms with E-state index in [9.17, 15) is 0 Å². The number of likely N-dealkylation sites (tertiary alicyclic amines) is 1. The maximum atomic E-state index is 5.68. The van der Waals surface area contributed by atoms with E-state index in [0.29, 0.717) is 18.1 Å². The predicted octanol–water partition coefficient (Wildman–Crippen LogP) is 4.40. The topological polar surface area (TPSA) is 45.8 Å². The van der Waals surface area contributed by atoms with Crippen LogP contribution in [-0.2, 0) is 12.0 Å². The summed E-state index contributed by atoms with van der Waals surface area (Å²) in [6.45, 7) is 2.09. The fraction of sp³-hybridized carbons (Fsp3) is 0.519. The maximum Gasteiger partial charge on any atom is 0.166 e. The molecule has 2 saturated carbocycles. The summed E-state index contributed by atoms with van der Waals surface area (Å²) in [5.74, 6) is 1.61. The number of nitrogens with one attached hydrogen (secondary N) is 2. The highest BCUT2D eigenvalue weighted by atomic mass is 32.1. The summed E-state index contributed by atoms with van der Waals surface area (Å²) < 4.78 is 11.2. The van der Waals surface area contributed by atoms with Crippen molar-refractivity contribution in [2.24, 2.45) is 0 Å². The first-order chi connectivity index (χ1) is 16.1. The highest BCUT2D eigenvalue weighted by molar-refractivity contribution is 7.80. The summed E-state index contributed by atoms with van der Waals surface area (Å²) in [6.07, 6.45) is 6.99. The van der Waals surface area contributed by atoms with E-state index in [1.165, 1.54) is 24.0 Å². The Morgan fingerprint density at radius 1 is 0.970 bits per heavy atom. The lowest BCUT2D eigenvalue weighted by Crippen LogP contribution is -2.53. The van der Waals surface area contributed by atoms with E-state index in [0.717, 1.165) is 55.4 Å². The number of fused-ring (bicyclic) bond motifs is 1. The van der Waals surface area contributed by atoms with Crippen LogP contribution < -0.4 is 20.1 Å². The standard InChI is InChI=1S/C27H35N3O2S/c1-31-23-11-8-20(16-24(23)32-2)27-13-12-22(29-26(33)28-21-9-10-21)17-25(27)30(15-14-27)18-19-6-4-3-5-7-19/h3-8,11,16,21-22,25H,9-10,12-15,17-18H2,1-2H3,(H2,28,29,33)/t22-,25+,27-/m0/s1. The summed E-state index contributed by atoms with van der Waals surface area (Å²) in [5.41, 5.74) is 2.87. The number of methoxy groups -OCH3 is 2. The molecule has 33 heavy (non-hydrogen) atoms. The van der Waals surface area contributed by atoms with Gasteiger partial charge in [0.25, 0.3) is 0 Å². The lowest BCUT2D eigenvalue weighted by atomic mass is 9.65. The van der Waals surface area contributed by atoms with Gasteiger partial charge < -0.3 is 20.1 Å². The Kier molecular flexibility index (Phi) is 6.48. The van der Waals surface area contributed by atoms with E-state index in [4.69, 9.17) is 21.7 Å². The molecule has 2 N–H and O–H groups in total. The van der Waals surface area contributed by atoms with Crippen molar-refractivity contribution >= 4 is 17.3 Å². The van der Waals surface area contributed by atoms with Gasteiger partial charge in [-0.05, 0) is 80.5 Å². The third-order valence-corrected chi connectivity index (χ3v) is 8.04. The lowest BCUT2D eigenvalue weighted by molar-refractivity contribution is 0.134. The van der Waals surface area contributed by atoms with E-state index < -0.39 is 0 Å². The lowest BCUT2D eigenvalue weighted by Gasteiger charge is -2.46. The van der Waals surface area contributed by atoms with E-state index in [-0.39, 0.29) is 5.41 Å². The summed E-state index contributed by atoms with van der Waals surface area (Å²) >= 11 is 5.62. The van der Waals surface area contributed by atoms with Gasteiger partial charge in [-0.2, -0.15) is 0 Å². The van der Waals surface area contributed by atoms with Crippen LogP contribution >= 0.6 is 12.2 Å². The fourth-order valence-corrected chi connectivity index (χ4v) is 6.24. The number of hydrogen-bond donors (Lipinski definition) is 2. The molecule has 0 aromatic heterocycles. The van der Waals surface area contributed by atoms with Crippen LogP contribution in [0.4, 0.5) is 0 Å². The number of nitrogens with zero attached hydrogens (tertiary/aromatic N) is 1. The summed E-state index contributed by atoms with van der Waals surface area (Å²) in [5, 5.41) is 7.93. The average molecular weight is 466 g/mol. The Morgan fingerprint density at radius 3 is 2.45 bits per heavy atom. The van der Waals surface area contributed by atoms with Gasteiger partial charge in [-0.3, -0.25) is 4.90 Å². The fourth-order valence-electron chi connectivity index (χ4n) is 5.91. The molecule has 0 amide bonds. The molecule has 176 valence electrons. The van der Waals surface area contributed by atoms with Gasteiger partial charge in [-0.25, -0.2) is 0 Å². The van der Waals surface area contributed by atoms with Crippen LogP contribution in [0.5, 0.6) is 11.5 Å². The first-order valence-corrected chi connectivity index (χ1v) is 12.6. The van der Waals surface area contributed by atoms with E-state index >= 15 is 0 Å². The minimum Gasteiger partial charge on any atom is -0.493 e. The van der Waals surface area contributed by atoms with Crippen LogP contribution in [0, 0.1) is 0 Å². The van der Waals surface area contributed by atoms with Crippen LogP contribution in [0.2, 0.25) is 0 Å². The van der Waals surface area contributed by atoms with Gasteiger partial charge in [0, 0.05) is 30.1 Å². The molecule has 1 saturated heterocycles. The van der Waals surface area contributed by atoms with Crippen molar-refractivity contribution in [3.8, 4) is 11.5 Å². The number of thiocarbonyl (C=S) groups is 1. The van der Waals surface area contributed by atoms with Gasteiger partial charge in [0.2, 0.25) is 0 Å². The molecule has 2 aromatic carbocycles. The van der Waals surface area contributed by atoms with Crippen LogP contribution in [-0.4, -0.2) is 48.9 Å². The molecule has 0 spiro atoms. The second-order valence-corrected chi connectivity index (χ2v) is 10.2. The Balaban J connectivity index is 1.41. The van der Waals surface area contributed by atoms with Gasteiger partial charge in [-0.15, -0.1) is 0 Å². The summed E-state index contributed by atoms with van der Waals surface area (Å²) in [6, 6.07) is 18.8. The molecule has 6 heteroatoms. The summed E-state index contributed by atoms with van der Waals surface area (Å²) in [7, 11) is 3.42. The number of benzene rings is 2. The van der Waals surface area contributed by atoms with Gasteiger partial charge in [0.1, 0.15) is 0 Å². The second kappa shape index (κ2) is 9.51. The normalized spacial score (nSPS) is 27.0. The third-order valence-electron chi connectivity index (χ3n) is 7.81. The van der Waals surface area contributed by atoms with Crippen molar-refractivity contribution in [3.05, 3.63) is 59.7 Å². The Bertz CT molecular complexity index is 981. The Morgan fingerprint density at radius 2 is 1.73 bits per heavy atom. The van der Waals surface area contributed by atoms with Crippen molar-refractivity contribution in [2.75, 3.05) is 20.8 Å². The van der Waals surface area contributed by atoms with Crippen LogP contribution in [0.1, 0.15) is 49.7 Å². The Hall–Kier alpha value is -2.31. The van der Waals surface area contributed by atoms with Crippen LogP contribution in [0.25, 0.3) is 0 Å². The monoisotopic (exact) mass is 465 g/mol. The van der Waals surface area contributed by atoms with Gasteiger partial charge in [0.05, 0.1) is 14.2 Å². The average Bonchev–Trinajstić information content (AvgIpc) is 3.59. The zero-order chi connectivity index (χ0) is 22.8. The molecule has 0 radical (unpaired) electrons. The highest BCUT2D eigenvalue weighted by Gasteiger charge is 2.51. The zero-order valence-electron chi connectivity index (χ0n) is 19.7. The third kappa shape index (κ3) is 4.69. The summed E-state index contributed by atoms with van der Waals surface area (Å²) in [4.78, 5) is 2.69. The van der Waals surface area contributed by atoms with Gasteiger partial charge in [0.15, 0.2) is 16.6 Å². The molecule has 5 nitrogen and oxygen atoms in total. The molecular formula is C27H35N3O2S. The van der Waals surface area contributed by atoms with Gasteiger partial charge >= 0.3 is 0 Å². The van der Waals surface area contributed by atoms with E-state index in [1.54, 1.807) is 14.2 Å². The molecular weight excluding hydrogens is 430 g/mol. The molecule has 2 aromatic rings. The minimum absolute atomic E-state index is 0.123. The van der Waals surface area contributed by atoms with Crippen molar-refractivity contribution in [1.29, 1.82) is 0 Å². The molecule has 5 rings (SSSR count).